The first kappa shape index (κ1) is 13.7. The van der Waals surface area contributed by atoms with Gasteiger partial charge >= 0.3 is 6.18 Å². The van der Waals surface area contributed by atoms with Crippen LogP contribution in [0, 0.1) is 4.77 Å². The summed E-state index contributed by atoms with van der Waals surface area (Å²) < 4.78 is 40.1. The highest BCUT2D eigenvalue weighted by Crippen LogP contribution is 2.31. The zero-order valence-corrected chi connectivity index (χ0v) is 11.4. The molecule has 0 amide bonds. The number of nitrogens with zero attached hydrogens (tertiary/aromatic N) is 3. The van der Waals surface area contributed by atoms with Crippen LogP contribution in [0.3, 0.4) is 0 Å². The van der Waals surface area contributed by atoms with Gasteiger partial charge in [0.1, 0.15) is 0 Å². The molecule has 2 aromatic heterocycles. The Bertz CT molecular complexity index is 836. The number of alkyl halides is 3. The summed E-state index contributed by atoms with van der Waals surface area (Å²) in [6.45, 7) is 0.345. The van der Waals surface area contributed by atoms with Crippen LogP contribution < -0.4 is 0 Å². The molecule has 3 aromatic rings. The Kier molecular flexibility index (Phi) is 3.25. The normalized spacial score (nSPS) is 12.0. The van der Waals surface area contributed by atoms with E-state index in [4.69, 9.17) is 12.2 Å². The molecule has 8 heteroatoms. The SMILES string of the molecule is FC(F)(F)c1ccc2c(c1)[nH]c(=S)n2Cc1cccnn1. The third-order valence-electron chi connectivity index (χ3n) is 3.05. The quantitative estimate of drug-likeness (QED) is 0.736. The Labute approximate surface area is 122 Å². The van der Waals surface area contributed by atoms with Gasteiger partial charge in [-0.05, 0) is 42.5 Å². The molecule has 2 heterocycles. The Morgan fingerprint density at radius 1 is 1.24 bits per heavy atom. The fraction of sp³-hybridized carbons (Fsp3) is 0.154. The molecule has 4 nitrogen and oxygen atoms in total. The maximum atomic E-state index is 12.7. The van der Waals surface area contributed by atoms with Crippen molar-refractivity contribution in [1.29, 1.82) is 0 Å². The molecular formula is C13H9F3N4S. The number of rotatable bonds is 2. The minimum absolute atomic E-state index is 0.343. The maximum absolute atomic E-state index is 12.7. The molecule has 0 atom stereocenters. The van der Waals surface area contributed by atoms with Gasteiger partial charge in [-0.3, -0.25) is 0 Å². The second-order valence-corrected chi connectivity index (χ2v) is 4.85. The molecule has 3 rings (SSSR count). The van der Waals surface area contributed by atoms with E-state index in [0.717, 1.165) is 12.1 Å². The molecule has 0 unspecified atom stereocenters. The van der Waals surface area contributed by atoms with Crippen molar-refractivity contribution < 1.29 is 13.2 Å². The molecule has 1 aromatic carbocycles. The molecule has 0 fully saturated rings. The van der Waals surface area contributed by atoms with Crippen LogP contribution in [0.1, 0.15) is 11.3 Å². The number of nitrogens with one attached hydrogen (secondary N) is 1. The van der Waals surface area contributed by atoms with Gasteiger partial charge in [-0.25, -0.2) is 0 Å². The Hall–Kier alpha value is -2.22. The van der Waals surface area contributed by atoms with Gasteiger partial charge in [0.15, 0.2) is 4.77 Å². The van der Waals surface area contributed by atoms with E-state index in [1.165, 1.54) is 6.07 Å². The number of benzene rings is 1. The maximum Gasteiger partial charge on any atom is 0.416 e. The van der Waals surface area contributed by atoms with E-state index < -0.39 is 11.7 Å². The lowest BCUT2D eigenvalue weighted by molar-refractivity contribution is -0.137. The van der Waals surface area contributed by atoms with Crippen molar-refractivity contribution in [2.75, 3.05) is 0 Å². The number of H-pyrrole nitrogens is 1. The number of fused-ring (bicyclic) bond motifs is 1. The Morgan fingerprint density at radius 2 is 2.05 bits per heavy atom. The zero-order chi connectivity index (χ0) is 15.0. The minimum Gasteiger partial charge on any atom is -0.331 e. The Morgan fingerprint density at radius 3 is 2.71 bits per heavy atom. The number of halogens is 3. The Balaban J connectivity index is 2.08. The van der Waals surface area contributed by atoms with Gasteiger partial charge in [-0.2, -0.15) is 23.4 Å². The van der Waals surface area contributed by atoms with Crippen molar-refractivity contribution in [3.63, 3.8) is 0 Å². The predicted octanol–water partition coefficient (Wildman–Crippen LogP) is 3.56. The third-order valence-corrected chi connectivity index (χ3v) is 3.37. The highest BCUT2D eigenvalue weighted by molar-refractivity contribution is 7.71. The van der Waals surface area contributed by atoms with Gasteiger partial charge < -0.3 is 9.55 Å². The summed E-state index contributed by atoms with van der Waals surface area (Å²) in [5, 5.41) is 7.71. The van der Waals surface area contributed by atoms with Gasteiger partial charge in [0, 0.05) is 6.20 Å². The molecule has 0 aliphatic rings. The summed E-state index contributed by atoms with van der Waals surface area (Å²) in [6.07, 6.45) is -2.83. The summed E-state index contributed by atoms with van der Waals surface area (Å²) in [7, 11) is 0. The fourth-order valence-electron chi connectivity index (χ4n) is 2.08. The fourth-order valence-corrected chi connectivity index (χ4v) is 2.35. The molecule has 0 bridgehead atoms. The van der Waals surface area contributed by atoms with Crippen LogP contribution >= 0.6 is 12.2 Å². The third kappa shape index (κ3) is 2.66. The largest absolute Gasteiger partial charge is 0.416 e. The number of aromatic amines is 1. The van der Waals surface area contributed by atoms with Crippen LogP contribution in [0.5, 0.6) is 0 Å². The van der Waals surface area contributed by atoms with Gasteiger partial charge in [0.2, 0.25) is 0 Å². The van der Waals surface area contributed by atoms with Crippen molar-refractivity contribution in [2.45, 2.75) is 12.7 Å². The lowest BCUT2D eigenvalue weighted by atomic mass is 10.2. The van der Waals surface area contributed by atoms with E-state index in [2.05, 4.69) is 15.2 Å². The molecule has 0 aliphatic carbocycles. The van der Waals surface area contributed by atoms with E-state index in [1.807, 2.05) is 0 Å². The van der Waals surface area contributed by atoms with Crippen molar-refractivity contribution in [2.24, 2.45) is 0 Å². The lowest BCUT2D eigenvalue weighted by Crippen LogP contribution is -2.05. The first-order valence-electron chi connectivity index (χ1n) is 6.01. The van der Waals surface area contributed by atoms with E-state index in [1.54, 1.807) is 22.9 Å². The van der Waals surface area contributed by atoms with Crippen molar-refractivity contribution in [3.8, 4) is 0 Å². The summed E-state index contributed by atoms with van der Waals surface area (Å²) >= 11 is 5.17. The van der Waals surface area contributed by atoms with Crippen LogP contribution in [-0.2, 0) is 12.7 Å². The van der Waals surface area contributed by atoms with Crippen LogP contribution in [0.15, 0.2) is 36.5 Å². The number of aromatic nitrogens is 4. The highest BCUT2D eigenvalue weighted by Gasteiger charge is 2.30. The highest BCUT2D eigenvalue weighted by atomic mass is 32.1. The van der Waals surface area contributed by atoms with Gasteiger partial charge in [-0.1, -0.05) is 0 Å². The van der Waals surface area contributed by atoms with Crippen LogP contribution in [0.4, 0.5) is 13.2 Å². The average molecular weight is 310 g/mol. The van der Waals surface area contributed by atoms with Crippen molar-refractivity contribution in [3.05, 3.63) is 52.6 Å². The van der Waals surface area contributed by atoms with E-state index >= 15 is 0 Å². The molecule has 0 saturated carbocycles. The van der Waals surface area contributed by atoms with Crippen molar-refractivity contribution in [1.82, 2.24) is 19.7 Å². The first-order valence-corrected chi connectivity index (χ1v) is 6.42. The van der Waals surface area contributed by atoms with Crippen LogP contribution in [0.2, 0.25) is 0 Å². The topological polar surface area (TPSA) is 46.5 Å². The lowest BCUT2D eigenvalue weighted by Gasteiger charge is -2.07. The number of hydrogen-bond donors (Lipinski definition) is 1. The summed E-state index contributed by atoms with van der Waals surface area (Å²) in [4.78, 5) is 2.79. The second-order valence-electron chi connectivity index (χ2n) is 4.46. The molecular weight excluding hydrogens is 301 g/mol. The standard InChI is InChI=1S/C13H9F3N4S/c14-13(15,16)8-3-4-11-10(6-8)18-12(21)20(11)7-9-2-1-5-17-19-9/h1-6H,7H2,(H,18,21). The summed E-state index contributed by atoms with van der Waals surface area (Å²) in [5.74, 6) is 0. The molecule has 0 aliphatic heterocycles. The summed E-state index contributed by atoms with van der Waals surface area (Å²) in [6, 6.07) is 7.01. The van der Waals surface area contributed by atoms with E-state index in [9.17, 15) is 13.2 Å². The minimum atomic E-state index is -4.38. The van der Waals surface area contributed by atoms with Crippen LogP contribution in [0.25, 0.3) is 11.0 Å². The summed E-state index contributed by atoms with van der Waals surface area (Å²) in [5.41, 5.74) is 0.907. The number of hydrogen-bond acceptors (Lipinski definition) is 3. The van der Waals surface area contributed by atoms with Gasteiger partial charge in [0.25, 0.3) is 0 Å². The van der Waals surface area contributed by atoms with E-state index in [-0.39, 0.29) is 0 Å². The van der Waals surface area contributed by atoms with E-state index in [0.29, 0.717) is 28.0 Å². The molecule has 0 radical (unpaired) electrons. The monoisotopic (exact) mass is 310 g/mol. The average Bonchev–Trinajstić information content (AvgIpc) is 2.75. The van der Waals surface area contributed by atoms with Gasteiger partial charge in [-0.15, -0.1) is 0 Å². The first-order chi connectivity index (χ1) is 9.95. The molecule has 0 spiro atoms. The predicted molar refractivity (Wildman–Crippen MR) is 73.3 cm³/mol. The molecule has 0 saturated heterocycles. The van der Waals surface area contributed by atoms with Crippen LogP contribution in [-0.4, -0.2) is 19.7 Å². The molecule has 1 N–H and O–H groups in total. The smallest absolute Gasteiger partial charge is 0.331 e. The number of imidazole rings is 1. The van der Waals surface area contributed by atoms with Crippen molar-refractivity contribution >= 4 is 23.3 Å². The molecule has 108 valence electrons. The zero-order valence-electron chi connectivity index (χ0n) is 10.6. The second kappa shape index (κ2) is 4.96. The molecule has 21 heavy (non-hydrogen) atoms. The van der Waals surface area contributed by atoms with Gasteiger partial charge in [0.05, 0.1) is 28.8 Å².